The van der Waals surface area contributed by atoms with E-state index in [2.05, 4.69) is 29.1 Å². The number of rotatable bonds is 7. The summed E-state index contributed by atoms with van der Waals surface area (Å²) in [5, 5.41) is 3.19. The Labute approximate surface area is 192 Å². The fourth-order valence-corrected chi connectivity index (χ4v) is 4.63. The topological polar surface area (TPSA) is 81.3 Å². The van der Waals surface area contributed by atoms with E-state index in [0.29, 0.717) is 12.3 Å². The predicted molar refractivity (Wildman–Crippen MR) is 123 cm³/mol. The molecule has 0 bridgehead atoms. The summed E-state index contributed by atoms with van der Waals surface area (Å²) >= 11 is 0. The van der Waals surface area contributed by atoms with Crippen molar-refractivity contribution in [3.63, 3.8) is 0 Å². The molecule has 1 atom stereocenters. The van der Waals surface area contributed by atoms with Crippen molar-refractivity contribution in [3.05, 3.63) is 18.2 Å². The molecule has 2 aliphatic rings. The molecule has 2 aliphatic heterocycles. The molecule has 0 unspecified atom stereocenters. The Morgan fingerprint density at radius 3 is 2.53 bits per heavy atom. The number of likely N-dealkylation sites (N-methyl/N-ethyl adjacent to an activating group) is 1. The van der Waals surface area contributed by atoms with Gasteiger partial charge in [0.05, 0.1) is 12.4 Å². The van der Waals surface area contributed by atoms with E-state index in [0.717, 1.165) is 64.0 Å². The number of imidazole rings is 1. The van der Waals surface area contributed by atoms with Crippen molar-refractivity contribution in [2.75, 3.05) is 33.2 Å². The van der Waals surface area contributed by atoms with E-state index < -0.39 is 0 Å². The number of amides is 2. The molecule has 2 fully saturated rings. The summed E-state index contributed by atoms with van der Waals surface area (Å²) in [4.78, 5) is 36.5. The number of aromatic nitrogens is 2. The summed E-state index contributed by atoms with van der Waals surface area (Å²) in [7, 11) is 1.88. The van der Waals surface area contributed by atoms with Gasteiger partial charge in [-0.2, -0.15) is 0 Å². The van der Waals surface area contributed by atoms with Gasteiger partial charge in [-0.05, 0) is 44.1 Å². The largest absolute Gasteiger partial charge is 0.348 e. The van der Waals surface area contributed by atoms with Crippen LogP contribution in [0, 0.1) is 11.3 Å². The molecule has 0 aromatic carbocycles. The second-order valence-corrected chi connectivity index (χ2v) is 8.94. The zero-order valence-electron chi connectivity index (χ0n) is 18.4. The number of hydrogen-bond acceptors (Lipinski definition) is 4. The van der Waals surface area contributed by atoms with Crippen molar-refractivity contribution in [3.8, 4) is 0 Å². The number of piperidine rings is 2. The number of halogens is 2. The summed E-state index contributed by atoms with van der Waals surface area (Å²) in [5.41, 5.74) is 1.24. The van der Waals surface area contributed by atoms with E-state index in [1.807, 2.05) is 23.0 Å². The maximum atomic E-state index is 12.9. The molecule has 1 aromatic rings. The van der Waals surface area contributed by atoms with Crippen molar-refractivity contribution in [1.82, 2.24) is 25.1 Å². The van der Waals surface area contributed by atoms with Crippen LogP contribution in [-0.2, 0) is 16.0 Å². The number of likely N-dealkylation sites (tertiary alicyclic amines) is 2. The Bertz CT molecular complexity index is 660. The van der Waals surface area contributed by atoms with E-state index in [1.54, 1.807) is 6.33 Å². The zero-order valence-corrected chi connectivity index (χ0v) is 20.0. The van der Waals surface area contributed by atoms with Crippen molar-refractivity contribution in [1.29, 1.82) is 0 Å². The first-order valence-electron chi connectivity index (χ1n) is 10.6. The van der Waals surface area contributed by atoms with E-state index in [-0.39, 0.29) is 48.1 Å². The standard InChI is InChI=1S/C21H35N5O2.2ClH/c1-16(2)12-18(22-3)20(28)25-10-7-21(8-11-25)6-4-19(27)26(14-21)9-5-17-13-23-15-24-17;;/h13,15-16,18,22H,4-12,14H2,1-3H3,(H,23,24);2*1H/t18-;;/m0../s1. The van der Waals surface area contributed by atoms with Gasteiger partial charge in [0.15, 0.2) is 0 Å². The molecule has 0 radical (unpaired) electrons. The first-order chi connectivity index (χ1) is 13.4. The van der Waals surface area contributed by atoms with E-state index in [1.165, 1.54) is 0 Å². The maximum Gasteiger partial charge on any atom is 0.239 e. The van der Waals surface area contributed by atoms with Crippen LogP contribution in [0.1, 0.15) is 51.6 Å². The van der Waals surface area contributed by atoms with Crippen molar-refractivity contribution in [2.24, 2.45) is 11.3 Å². The Morgan fingerprint density at radius 2 is 1.97 bits per heavy atom. The Morgan fingerprint density at radius 1 is 1.27 bits per heavy atom. The zero-order chi connectivity index (χ0) is 20.1. The molecule has 2 saturated heterocycles. The predicted octanol–water partition coefficient (Wildman–Crippen LogP) is 2.66. The lowest BCUT2D eigenvalue weighted by molar-refractivity contribution is -0.143. The van der Waals surface area contributed by atoms with Crippen molar-refractivity contribution >= 4 is 36.6 Å². The highest BCUT2D eigenvalue weighted by atomic mass is 35.5. The molecule has 0 aliphatic carbocycles. The monoisotopic (exact) mass is 461 g/mol. The van der Waals surface area contributed by atoms with Crippen LogP contribution in [0.2, 0.25) is 0 Å². The molecule has 7 nitrogen and oxygen atoms in total. The molecule has 1 aromatic heterocycles. The molecule has 3 rings (SSSR count). The quantitative estimate of drug-likeness (QED) is 0.653. The van der Waals surface area contributed by atoms with E-state index in [9.17, 15) is 9.59 Å². The number of nitrogens with one attached hydrogen (secondary N) is 2. The smallest absolute Gasteiger partial charge is 0.239 e. The third-order valence-electron chi connectivity index (χ3n) is 6.44. The molecule has 3 heterocycles. The average Bonchev–Trinajstić information content (AvgIpc) is 3.20. The fraction of sp³-hybridized carbons (Fsp3) is 0.762. The first kappa shape index (κ1) is 26.7. The molecule has 1 spiro atoms. The summed E-state index contributed by atoms with van der Waals surface area (Å²) in [6.07, 6.45) is 8.75. The molecule has 0 saturated carbocycles. The molecule has 2 amide bonds. The van der Waals surface area contributed by atoms with Crippen LogP contribution in [-0.4, -0.2) is 70.9 Å². The van der Waals surface area contributed by atoms with Gasteiger partial charge in [-0.25, -0.2) is 4.98 Å². The van der Waals surface area contributed by atoms with Gasteiger partial charge in [-0.1, -0.05) is 13.8 Å². The lowest BCUT2D eigenvalue weighted by Crippen LogP contribution is -2.55. The Balaban J connectivity index is 0.00000225. The van der Waals surface area contributed by atoms with Crippen LogP contribution in [0.25, 0.3) is 0 Å². The molecular weight excluding hydrogens is 425 g/mol. The summed E-state index contributed by atoms with van der Waals surface area (Å²) < 4.78 is 0. The number of hydrogen-bond donors (Lipinski definition) is 2. The second kappa shape index (κ2) is 11.9. The van der Waals surface area contributed by atoms with Gasteiger partial charge >= 0.3 is 0 Å². The number of carbonyl (C=O) groups excluding carboxylic acids is 2. The van der Waals surface area contributed by atoms with E-state index in [4.69, 9.17) is 0 Å². The highest BCUT2D eigenvalue weighted by Gasteiger charge is 2.42. The lowest BCUT2D eigenvalue weighted by Gasteiger charge is -2.48. The van der Waals surface area contributed by atoms with E-state index >= 15 is 0 Å². The first-order valence-corrected chi connectivity index (χ1v) is 10.6. The second-order valence-electron chi connectivity index (χ2n) is 8.94. The molecule has 9 heteroatoms. The van der Waals surface area contributed by atoms with Gasteiger partial charge in [0.2, 0.25) is 11.8 Å². The van der Waals surface area contributed by atoms with Gasteiger partial charge in [0.1, 0.15) is 0 Å². The molecular formula is C21H37Cl2N5O2. The maximum absolute atomic E-state index is 12.9. The summed E-state index contributed by atoms with van der Waals surface area (Å²) in [6, 6.07) is -0.0899. The van der Waals surface area contributed by atoms with Gasteiger partial charge in [0, 0.05) is 50.9 Å². The highest BCUT2D eigenvalue weighted by molar-refractivity contribution is 5.85. The van der Waals surface area contributed by atoms with Gasteiger partial charge in [-0.3, -0.25) is 9.59 Å². The normalized spacial score (nSPS) is 19.4. The van der Waals surface area contributed by atoms with Crippen LogP contribution >= 0.6 is 24.8 Å². The fourth-order valence-electron chi connectivity index (χ4n) is 4.63. The van der Waals surface area contributed by atoms with Gasteiger partial charge in [-0.15, -0.1) is 24.8 Å². The number of nitrogens with zero attached hydrogens (tertiary/aromatic N) is 3. The van der Waals surface area contributed by atoms with Crippen LogP contribution < -0.4 is 5.32 Å². The minimum atomic E-state index is -0.0899. The highest BCUT2D eigenvalue weighted by Crippen LogP contribution is 2.40. The third-order valence-corrected chi connectivity index (χ3v) is 6.44. The summed E-state index contributed by atoms with van der Waals surface area (Å²) in [5.74, 6) is 0.982. The number of carbonyl (C=O) groups is 2. The minimum Gasteiger partial charge on any atom is -0.348 e. The summed E-state index contributed by atoms with van der Waals surface area (Å²) in [6.45, 7) is 7.47. The SMILES string of the molecule is CN[C@@H](CC(C)C)C(=O)N1CCC2(CCC(=O)N(CCc3cnc[nH]3)C2)CC1.Cl.Cl. The van der Waals surface area contributed by atoms with Crippen LogP contribution in [0.3, 0.4) is 0 Å². The average molecular weight is 462 g/mol. The van der Waals surface area contributed by atoms with Crippen LogP contribution in [0.5, 0.6) is 0 Å². The number of H-pyrrole nitrogens is 1. The molecule has 172 valence electrons. The van der Waals surface area contributed by atoms with Gasteiger partial charge < -0.3 is 20.1 Å². The Kier molecular flexibility index (Phi) is 10.6. The Hall–Kier alpha value is -1.31. The lowest BCUT2D eigenvalue weighted by atomic mass is 9.72. The van der Waals surface area contributed by atoms with Crippen molar-refractivity contribution in [2.45, 2.75) is 58.4 Å². The van der Waals surface area contributed by atoms with Gasteiger partial charge in [0.25, 0.3) is 0 Å². The molecule has 2 N–H and O–H groups in total. The minimum absolute atomic E-state index is 0. The van der Waals surface area contributed by atoms with Crippen molar-refractivity contribution < 1.29 is 9.59 Å². The number of aromatic amines is 1. The molecule has 30 heavy (non-hydrogen) atoms. The van der Waals surface area contributed by atoms with Crippen LogP contribution in [0.15, 0.2) is 12.5 Å². The third kappa shape index (κ3) is 6.59. The van der Waals surface area contributed by atoms with Crippen LogP contribution in [0.4, 0.5) is 0 Å².